The standard InChI is InChI=1S/C19H22N2O2/c22-19(16-4-3-12-20-14-16)21-13-11-15-7-9-18(10-8-15)23-17-5-1-2-6-17/h3-4,7-10,12,14,17H,1-2,5-6,11,13H2,(H,21,22). The number of hydrogen-bond donors (Lipinski definition) is 1. The molecule has 4 nitrogen and oxygen atoms in total. The van der Waals surface area contributed by atoms with Crippen LogP contribution in [0.15, 0.2) is 48.8 Å². The molecule has 0 radical (unpaired) electrons. The molecule has 1 aromatic carbocycles. The molecular formula is C19H22N2O2. The van der Waals surface area contributed by atoms with Crippen LogP contribution in [0.25, 0.3) is 0 Å². The molecule has 1 saturated carbocycles. The van der Waals surface area contributed by atoms with Gasteiger partial charge in [-0.2, -0.15) is 0 Å². The van der Waals surface area contributed by atoms with Crippen LogP contribution in [0.2, 0.25) is 0 Å². The summed E-state index contributed by atoms with van der Waals surface area (Å²) in [6.07, 6.45) is 9.31. The fourth-order valence-corrected chi connectivity index (χ4v) is 2.85. The fraction of sp³-hybridized carbons (Fsp3) is 0.368. The molecule has 0 atom stereocenters. The van der Waals surface area contributed by atoms with Crippen LogP contribution in [-0.2, 0) is 6.42 Å². The molecule has 3 rings (SSSR count). The Morgan fingerprint density at radius 1 is 1.17 bits per heavy atom. The first-order chi connectivity index (χ1) is 11.3. The zero-order chi connectivity index (χ0) is 15.9. The van der Waals surface area contributed by atoms with Crippen molar-refractivity contribution < 1.29 is 9.53 Å². The number of hydrogen-bond acceptors (Lipinski definition) is 3. The Hall–Kier alpha value is -2.36. The average molecular weight is 310 g/mol. The van der Waals surface area contributed by atoms with E-state index in [0.717, 1.165) is 12.2 Å². The normalized spacial score (nSPS) is 14.6. The van der Waals surface area contributed by atoms with Crippen LogP contribution in [-0.4, -0.2) is 23.5 Å². The number of nitrogens with zero attached hydrogens (tertiary/aromatic N) is 1. The molecule has 0 spiro atoms. The second-order valence-electron chi connectivity index (χ2n) is 5.92. The Morgan fingerprint density at radius 3 is 2.65 bits per heavy atom. The monoisotopic (exact) mass is 310 g/mol. The Morgan fingerprint density at radius 2 is 1.96 bits per heavy atom. The highest BCUT2D eigenvalue weighted by atomic mass is 16.5. The van der Waals surface area contributed by atoms with Crippen molar-refractivity contribution in [3.63, 3.8) is 0 Å². The van der Waals surface area contributed by atoms with Gasteiger partial charge in [0, 0.05) is 18.9 Å². The van der Waals surface area contributed by atoms with Crippen LogP contribution in [0.5, 0.6) is 5.75 Å². The molecule has 0 unspecified atom stereocenters. The van der Waals surface area contributed by atoms with Gasteiger partial charge >= 0.3 is 0 Å². The van der Waals surface area contributed by atoms with Gasteiger partial charge in [0.2, 0.25) is 0 Å². The molecule has 1 fully saturated rings. The number of pyridine rings is 1. The molecule has 0 saturated heterocycles. The SMILES string of the molecule is O=C(NCCc1ccc(OC2CCCC2)cc1)c1cccnc1. The molecule has 0 aliphatic heterocycles. The molecule has 4 heteroatoms. The van der Waals surface area contributed by atoms with E-state index in [2.05, 4.69) is 22.4 Å². The maximum atomic E-state index is 11.9. The van der Waals surface area contributed by atoms with E-state index >= 15 is 0 Å². The first-order valence-electron chi connectivity index (χ1n) is 8.25. The third-order valence-electron chi connectivity index (χ3n) is 4.15. The Bertz CT molecular complexity index is 620. The third-order valence-corrected chi connectivity index (χ3v) is 4.15. The minimum absolute atomic E-state index is 0.0840. The van der Waals surface area contributed by atoms with E-state index in [4.69, 9.17) is 4.74 Å². The molecule has 120 valence electrons. The smallest absolute Gasteiger partial charge is 0.252 e. The van der Waals surface area contributed by atoms with Crippen LogP contribution >= 0.6 is 0 Å². The molecule has 1 aromatic heterocycles. The Kier molecular flexibility index (Phi) is 5.25. The minimum Gasteiger partial charge on any atom is -0.490 e. The maximum absolute atomic E-state index is 11.9. The summed E-state index contributed by atoms with van der Waals surface area (Å²) in [5.74, 6) is 0.860. The van der Waals surface area contributed by atoms with Gasteiger partial charge in [-0.25, -0.2) is 0 Å². The minimum atomic E-state index is -0.0840. The molecular weight excluding hydrogens is 288 g/mol. The van der Waals surface area contributed by atoms with E-state index in [0.29, 0.717) is 18.2 Å². The lowest BCUT2D eigenvalue weighted by Gasteiger charge is -2.13. The number of carbonyl (C=O) groups is 1. The van der Waals surface area contributed by atoms with Gasteiger partial charge in [0.1, 0.15) is 5.75 Å². The first-order valence-corrected chi connectivity index (χ1v) is 8.25. The molecule has 0 bridgehead atoms. The zero-order valence-corrected chi connectivity index (χ0v) is 13.2. The summed E-state index contributed by atoms with van der Waals surface area (Å²) < 4.78 is 5.95. The number of ether oxygens (including phenoxy) is 1. The van der Waals surface area contributed by atoms with Crippen LogP contribution in [0, 0.1) is 0 Å². The van der Waals surface area contributed by atoms with E-state index < -0.39 is 0 Å². The third kappa shape index (κ3) is 4.55. The highest BCUT2D eigenvalue weighted by molar-refractivity contribution is 5.93. The molecule has 1 heterocycles. The van der Waals surface area contributed by atoms with Gasteiger partial charge in [-0.15, -0.1) is 0 Å². The summed E-state index contributed by atoms with van der Waals surface area (Å²) in [5.41, 5.74) is 1.78. The van der Waals surface area contributed by atoms with Gasteiger partial charge in [0.25, 0.3) is 5.91 Å². The van der Waals surface area contributed by atoms with Gasteiger partial charge in [-0.1, -0.05) is 12.1 Å². The molecule has 1 aliphatic carbocycles. The van der Waals surface area contributed by atoms with Crippen LogP contribution in [0.3, 0.4) is 0 Å². The molecule has 2 aromatic rings. The van der Waals surface area contributed by atoms with Gasteiger partial charge in [0.15, 0.2) is 0 Å². The lowest BCUT2D eigenvalue weighted by atomic mass is 10.1. The molecule has 1 N–H and O–H groups in total. The number of rotatable bonds is 6. The van der Waals surface area contributed by atoms with Gasteiger partial charge in [-0.3, -0.25) is 9.78 Å². The maximum Gasteiger partial charge on any atom is 0.252 e. The van der Waals surface area contributed by atoms with Crippen molar-refractivity contribution in [1.29, 1.82) is 0 Å². The lowest BCUT2D eigenvalue weighted by molar-refractivity contribution is 0.0953. The van der Waals surface area contributed by atoms with Gasteiger partial charge in [-0.05, 0) is 61.9 Å². The highest BCUT2D eigenvalue weighted by Gasteiger charge is 2.16. The van der Waals surface area contributed by atoms with Crippen molar-refractivity contribution >= 4 is 5.91 Å². The first kappa shape index (κ1) is 15.5. The van der Waals surface area contributed by atoms with Crippen molar-refractivity contribution in [1.82, 2.24) is 10.3 Å². The number of benzene rings is 1. The topological polar surface area (TPSA) is 51.2 Å². The van der Waals surface area contributed by atoms with Crippen molar-refractivity contribution in [2.45, 2.75) is 38.2 Å². The Balaban J connectivity index is 1.44. The number of aromatic nitrogens is 1. The summed E-state index contributed by atoms with van der Waals surface area (Å²) in [6, 6.07) is 11.7. The quantitative estimate of drug-likeness (QED) is 0.890. The summed E-state index contributed by atoms with van der Waals surface area (Å²) in [7, 11) is 0. The summed E-state index contributed by atoms with van der Waals surface area (Å²) in [5, 5.41) is 2.91. The van der Waals surface area contributed by atoms with Crippen molar-refractivity contribution in [2.24, 2.45) is 0 Å². The Labute approximate surface area is 136 Å². The average Bonchev–Trinajstić information content (AvgIpc) is 3.10. The zero-order valence-electron chi connectivity index (χ0n) is 13.2. The lowest BCUT2D eigenvalue weighted by Crippen LogP contribution is -2.25. The van der Waals surface area contributed by atoms with Gasteiger partial charge < -0.3 is 10.1 Å². The summed E-state index contributed by atoms with van der Waals surface area (Å²) >= 11 is 0. The number of carbonyl (C=O) groups excluding carboxylic acids is 1. The second-order valence-corrected chi connectivity index (χ2v) is 5.92. The van der Waals surface area contributed by atoms with Crippen molar-refractivity contribution in [3.05, 3.63) is 59.9 Å². The van der Waals surface area contributed by atoms with Crippen molar-refractivity contribution in [2.75, 3.05) is 6.54 Å². The second kappa shape index (κ2) is 7.77. The molecule has 1 amide bonds. The van der Waals surface area contributed by atoms with E-state index in [9.17, 15) is 4.79 Å². The number of nitrogens with one attached hydrogen (secondary N) is 1. The summed E-state index contributed by atoms with van der Waals surface area (Å²) in [4.78, 5) is 15.9. The van der Waals surface area contributed by atoms with Gasteiger partial charge in [0.05, 0.1) is 11.7 Å². The van der Waals surface area contributed by atoms with E-state index in [-0.39, 0.29) is 5.91 Å². The molecule has 23 heavy (non-hydrogen) atoms. The predicted octanol–water partition coefficient (Wildman–Crippen LogP) is 3.38. The predicted molar refractivity (Wildman–Crippen MR) is 89.6 cm³/mol. The largest absolute Gasteiger partial charge is 0.490 e. The molecule has 1 aliphatic rings. The highest BCUT2D eigenvalue weighted by Crippen LogP contribution is 2.24. The van der Waals surface area contributed by atoms with Crippen LogP contribution in [0.4, 0.5) is 0 Å². The summed E-state index contributed by atoms with van der Waals surface area (Å²) in [6.45, 7) is 0.608. The van der Waals surface area contributed by atoms with E-state index in [1.54, 1.807) is 24.5 Å². The fourth-order valence-electron chi connectivity index (χ4n) is 2.85. The van der Waals surface area contributed by atoms with Crippen LogP contribution in [0.1, 0.15) is 41.6 Å². The number of amides is 1. The van der Waals surface area contributed by atoms with E-state index in [1.165, 1.54) is 31.2 Å². The van der Waals surface area contributed by atoms with Crippen molar-refractivity contribution in [3.8, 4) is 5.75 Å². The van der Waals surface area contributed by atoms with Crippen LogP contribution < -0.4 is 10.1 Å². The van der Waals surface area contributed by atoms with E-state index in [1.807, 2.05) is 12.1 Å².